The van der Waals surface area contributed by atoms with E-state index < -0.39 is 0 Å². The van der Waals surface area contributed by atoms with E-state index in [2.05, 4.69) is 33.1 Å². The Labute approximate surface area is 128 Å². The lowest BCUT2D eigenvalue weighted by Crippen LogP contribution is -2.49. The third-order valence-electron chi connectivity index (χ3n) is 3.65. The molecule has 1 aromatic carbocycles. The molecule has 2 atom stereocenters. The number of halogens is 2. The molecule has 1 N–H and O–H groups in total. The molecule has 2 rings (SSSR count). The average molecular weight is 345 g/mol. The van der Waals surface area contributed by atoms with Crippen molar-refractivity contribution in [1.29, 1.82) is 0 Å². The van der Waals surface area contributed by atoms with Crippen LogP contribution in [0.5, 0.6) is 0 Å². The number of nitrogens with zero attached hydrogens (tertiary/aromatic N) is 1. The molecule has 112 valence electrons. The third kappa shape index (κ3) is 3.58. The predicted molar refractivity (Wildman–Crippen MR) is 82.4 cm³/mol. The molecule has 2 unspecified atom stereocenters. The largest absolute Gasteiger partial charge is 0.374 e. The molecule has 1 heterocycles. The van der Waals surface area contributed by atoms with E-state index in [9.17, 15) is 4.39 Å². The molecule has 0 spiro atoms. The molecular weight excluding hydrogens is 323 g/mol. The predicted octanol–water partition coefficient (Wildman–Crippen LogP) is 2.96. The van der Waals surface area contributed by atoms with Crippen molar-refractivity contribution in [3.63, 3.8) is 0 Å². The number of nitrogens with one attached hydrogen (secondary N) is 1. The molecule has 5 heteroatoms. The summed E-state index contributed by atoms with van der Waals surface area (Å²) >= 11 is 3.55. The summed E-state index contributed by atoms with van der Waals surface area (Å²) in [4.78, 5) is 2.39. The van der Waals surface area contributed by atoms with Gasteiger partial charge in [0.25, 0.3) is 0 Å². The van der Waals surface area contributed by atoms with Crippen LogP contribution >= 0.6 is 15.9 Å². The smallest absolute Gasteiger partial charge is 0.123 e. The van der Waals surface area contributed by atoms with Crippen molar-refractivity contribution in [2.75, 3.05) is 33.3 Å². The highest BCUT2D eigenvalue weighted by atomic mass is 79.9. The highest BCUT2D eigenvalue weighted by molar-refractivity contribution is 9.10. The Morgan fingerprint density at radius 2 is 2.30 bits per heavy atom. The van der Waals surface area contributed by atoms with Crippen LogP contribution in [0.25, 0.3) is 0 Å². The van der Waals surface area contributed by atoms with Gasteiger partial charge in [0, 0.05) is 17.6 Å². The van der Waals surface area contributed by atoms with Gasteiger partial charge in [-0.2, -0.15) is 0 Å². The van der Waals surface area contributed by atoms with Gasteiger partial charge in [-0.05, 0) is 43.8 Å². The molecule has 0 bridgehead atoms. The Balaban J connectivity index is 2.34. The fraction of sp³-hybridized carbons (Fsp3) is 0.600. The van der Waals surface area contributed by atoms with Crippen molar-refractivity contribution in [2.24, 2.45) is 0 Å². The number of hydrogen-bond acceptors (Lipinski definition) is 3. The van der Waals surface area contributed by atoms with Crippen LogP contribution in [0, 0.1) is 5.82 Å². The van der Waals surface area contributed by atoms with Crippen LogP contribution in [0.2, 0.25) is 0 Å². The molecule has 1 fully saturated rings. The van der Waals surface area contributed by atoms with Crippen LogP contribution in [-0.2, 0) is 4.74 Å². The van der Waals surface area contributed by atoms with E-state index in [4.69, 9.17) is 4.74 Å². The molecular formula is C15H22BrFN2O. The van der Waals surface area contributed by atoms with E-state index in [-0.39, 0.29) is 18.0 Å². The van der Waals surface area contributed by atoms with Crippen LogP contribution in [-0.4, -0.2) is 44.3 Å². The van der Waals surface area contributed by atoms with Crippen molar-refractivity contribution >= 4 is 15.9 Å². The van der Waals surface area contributed by atoms with E-state index in [1.165, 1.54) is 6.07 Å². The first-order chi connectivity index (χ1) is 9.67. The van der Waals surface area contributed by atoms with Gasteiger partial charge < -0.3 is 10.1 Å². The second kappa shape index (κ2) is 7.50. The average Bonchev–Trinajstić information content (AvgIpc) is 2.43. The number of rotatable bonds is 5. The van der Waals surface area contributed by atoms with E-state index in [0.29, 0.717) is 0 Å². The van der Waals surface area contributed by atoms with Gasteiger partial charge in [-0.3, -0.25) is 4.90 Å². The molecule has 1 saturated heterocycles. The lowest BCUT2D eigenvalue weighted by Gasteiger charge is -2.42. The lowest BCUT2D eigenvalue weighted by atomic mass is 9.97. The summed E-state index contributed by atoms with van der Waals surface area (Å²) in [6.07, 6.45) is 1.12. The van der Waals surface area contributed by atoms with Crippen molar-refractivity contribution < 1.29 is 9.13 Å². The van der Waals surface area contributed by atoms with Crippen LogP contribution in [0.1, 0.15) is 24.9 Å². The van der Waals surface area contributed by atoms with Crippen LogP contribution in [0.4, 0.5) is 4.39 Å². The Hall–Kier alpha value is -0.490. The van der Waals surface area contributed by atoms with E-state index in [0.717, 1.165) is 42.7 Å². The van der Waals surface area contributed by atoms with Gasteiger partial charge in [-0.15, -0.1) is 0 Å². The van der Waals surface area contributed by atoms with Crippen molar-refractivity contribution in [1.82, 2.24) is 10.2 Å². The quantitative estimate of drug-likeness (QED) is 0.888. The highest BCUT2D eigenvalue weighted by Gasteiger charge is 2.34. The highest BCUT2D eigenvalue weighted by Crippen LogP contribution is 2.34. The second-order valence-corrected chi connectivity index (χ2v) is 5.97. The number of likely N-dealkylation sites (N-methyl/N-ethyl adjacent to an activating group) is 1. The maximum atomic E-state index is 13.6. The molecule has 0 aliphatic carbocycles. The summed E-state index contributed by atoms with van der Waals surface area (Å²) < 4.78 is 20.5. The molecule has 0 saturated carbocycles. The summed E-state index contributed by atoms with van der Waals surface area (Å²) in [5.41, 5.74) is 0.971. The molecule has 0 aromatic heterocycles. The normalized spacial score (nSPS) is 24.0. The number of hydrogen-bond donors (Lipinski definition) is 1. The SMILES string of the molecule is CCCN1CCOC(CNC)C1c1cc(F)ccc1Br. The second-order valence-electron chi connectivity index (χ2n) is 5.11. The number of morpholine rings is 1. The van der Waals surface area contributed by atoms with Gasteiger partial charge in [-0.25, -0.2) is 4.39 Å². The summed E-state index contributed by atoms with van der Waals surface area (Å²) in [7, 11) is 1.92. The Kier molecular flexibility index (Phi) is 5.96. The maximum absolute atomic E-state index is 13.6. The van der Waals surface area contributed by atoms with Crippen LogP contribution in [0.15, 0.2) is 22.7 Å². The molecule has 20 heavy (non-hydrogen) atoms. The lowest BCUT2D eigenvalue weighted by molar-refractivity contribution is -0.0707. The molecule has 3 nitrogen and oxygen atoms in total. The monoisotopic (exact) mass is 344 g/mol. The summed E-state index contributed by atoms with van der Waals surface area (Å²) in [6.45, 7) is 5.54. The van der Waals surface area contributed by atoms with Crippen LogP contribution < -0.4 is 5.32 Å². The fourth-order valence-electron chi connectivity index (χ4n) is 2.83. The minimum atomic E-state index is -0.201. The van der Waals surface area contributed by atoms with E-state index in [1.807, 2.05) is 7.05 Å². The van der Waals surface area contributed by atoms with Gasteiger partial charge in [0.05, 0.1) is 18.8 Å². The molecule has 1 aliphatic rings. The zero-order chi connectivity index (χ0) is 14.5. The van der Waals surface area contributed by atoms with Gasteiger partial charge >= 0.3 is 0 Å². The third-order valence-corrected chi connectivity index (χ3v) is 4.37. The number of benzene rings is 1. The molecule has 0 amide bonds. The zero-order valence-electron chi connectivity index (χ0n) is 12.0. The first kappa shape index (κ1) is 15.9. The number of ether oxygens (including phenoxy) is 1. The van der Waals surface area contributed by atoms with Gasteiger partial charge in [0.2, 0.25) is 0 Å². The van der Waals surface area contributed by atoms with Crippen molar-refractivity contribution in [2.45, 2.75) is 25.5 Å². The minimum Gasteiger partial charge on any atom is -0.374 e. The first-order valence-corrected chi connectivity index (χ1v) is 7.91. The Morgan fingerprint density at radius 3 is 3.00 bits per heavy atom. The van der Waals surface area contributed by atoms with E-state index >= 15 is 0 Å². The molecule has 0 radical (unpaired) electrons. The van der Waals surface area contributed by atoms with Crippen molar-refractivity contribution in [3.8, 4) is 0 Å². The van der Waals surface area contributed by atoms with Gasteiger partial charge in [-0.1, -0.05) is 22.9 Å². The summed E-state index contributed by atoms with van der Waals surface area (Å²) in [6, 6.07) is 4.96. The topological polar surface area (TPSA) is 24.5 Å². The Morgan fingerprint density at radius 1 is 1.50 bits per heavy atom. The van der Waals surface area contributed by atoms with Gasteiger partial charge in [0.15, 0.2) is 0 Å². The molecule has 1 aromatic rings. The molecule has 1 aliphatic heterocycles. The fourth-order valence-corrected chi connectivity index (χ4v) is 3.32. The van der Waals surface area contributed by atoms with E-state index in [1.54, 1.807) is 12.1 Å². The summed E-state index contributed by atoms with van der Waals surface area (Å²) in [5.74, 6) is -0.201. The maximum Gasteiger partial charge on any atom is 0.123 e. The van der Waals surface area contributed by atoms with Crippen LogP contribution in [0.3, 0.4) is 0 Å². The van der Waals surface area contributed by atoms with Gasteiger partial charge in [0.1, 0.15) is 5.82 Å². The summed E-state index contributed by atoms with van der Waals surface area (Å²) in [5, 5.41) is 3.17. The Bertz CT molecular complexity index is 426. The first-order valence-electron chi connectivity index (χ1n) is 7.12. The minimum absolute atomic E-state index is 0.0402. The zero-order valence-corrected chi connectivity index (χ0v) is 13.6. The standard InChI is InChI=1S/C15H22BrFN2O/c1-3-6-19-7-8-20-14(10-18-2)15(19)12-9-11(17)4-5-13(12)16/h4-5,9,14-15,18H,3,6-8,10H2,1-2H3. The van der Waals surface area contributed by atoms with Crippen molar-refractivity contribution in [3.05, 3.63) is 34.1 Å².